The molecular formula is C14H19N. The highest BCUT2D eigenvalue weighted by molar-refractivity contribution is 5.93. The van der Waals surface area contributed by atoms with Crippen molar-refractivity contribution >= 4 is 5.71 Å². The first-order valence-electron chi connectivity index (χ1n) is 6.56. The number of aliphatic imine (C=N–C) groups is 1. The molecule has 0 aromatic rings. The summed E-state index contributed by atoms with van der Waals surface area (Å²) < 4.78 is 0. The summed E-state index contributed by atoms with van der Waals surface area (Å²) >= 11 is 0. The second kappa shape index (κ2) is 2.75. The normalized spacial score (nSPS) is 51.2. The molecule has 0 N–H and O–H groups in total. The van der Waals surface area contributed by atoms with Crippen LogP contribution in [0.25, 0.3) is 0 Å². The van der Waals surface area contributed by atoms with Crippen LogP contribution in [0, 0.1) is 23.2 Å². The van der Waals surface area contributed by atoms with Crippen molar-refractivity contribution in [2.24, 2.45) is 28.2 Å². The van der Waals surface area contributed by atoms with Gasteiger partial charge >= 0.3 is 0 Å². The molecule has 5 rings (SSSR count). The number of hydrogen-bond donors (Lipinski definition) is 0. The zero-order valence-electron chi connectivity index (χ0n) is 9.28. The van der Waals surface area contributed by atoms with E-state index >= 15 is 0 Å². The molecule has 5 aliphatic rings. The first kappa shape index (κ1) is 8.55. The van der Waals surface area contributed by atoms with Gasteiger partial charge in [0.25, 0.3) is 0 Å². The Morgan fingerprint density at radius 3 is 2.07 bits per heavy atom. The molecule has 1 heterocycles. The van der Waals surface area contributed by atoms with Gasteiger partial charge in [-0.3, -0.25) is 4.99 Å². The third kappa shape index (κ3) is 1.12. The molecule has 80 valence electrons. The maximum absolute atomic E-state index is 4.66. The first-order valence-corrected chi connectivity index (χ1v) is 6.56. The molecule has 0 aromatic heterocycles. The van der Waals surface area contributed by atoms with E-state index < -0.39 is 0 Å². The fourth-order valence-electron chi connectivity index (χ4n) is 5.18. The van der Waals surface area contributed by atoms with Crippen molar-refractivity contribution in [1.82, 2.24) is 0 Å². The first-order chi connectivity index (χ1) is 7.34. The zero-order valence-corrected chi connectivity index (χ0v) is 9.28. The van der Waals surface area contributed by atoms with Gasteiger partial charge in [0.2, 0.25) is 0 Å². The Labute approximate surface area is 91.7 Å². The lowest BCUT2D eigenvalue weighted by atomic mass is 9.48. The zero-order chi connectivity index (χ0) is 9.88. The molecule has 1 aliphatic heterocycles. The third-order valence-electron chi connectivity index (χ3n) is 5.30. The van der Waals surface area contributed by atoms with Crippen LogP contribution in [0.1, 0.15) is 44.9 Å². The minimum atomic E-state index is 0.568. The molecule has 4 aliphatic carbocycles. The molecule has 0 radical (unpaired) electrons. The predicted molar refractivity (Wildman–Crippen MR) is 61.8 cm³/mol. The van der Waals surface area contributed by atoms with Gasteiger partial charge in [0, 0.05) is 23.7 Å². The van der Waals surface area contributed by atoms with Gasteiger partial charge in [-0.05, 0) is 56.3 Å². The van der Waals surface area contributed by atoms with Crippen LogP contribution in [0.3, 0.4) is 0 Å². The van der Waals surface area contributed by atoms with E-state index in [0.29, 0.717) is 5.41 Å². The molecule has 0 atom stereocenters. The fraction of sp³-hybridized carbons (Fsp3) is 0.786. The quantitative estimate of drug-likeness (QED) is 0.615. The van der Waals surface area contributed by atoms with Crippen LogP contribution >= 0.6 is 0 Å². The highest BCUT2D eigenvalue weighted by atomic mass is 14.8. The van der Waals surface area contributed by atoms with Gasteiger partial charge in [0.15, 0.2) is 0 Å². The van der Waals surface area contributed by atoms with Crippen LogP contribution < -0.4 is 0 Å². The van der Waals surface area contributed by atoms with Crippen LogP contribution in [0.15, 0.2) is 17.3 Å². The lowest BCUT2D eigenvalue weighted by molar-refractivity contribution is -0.0128. The number of rotatable bonds is 1. The minimum absolute atomic E-state index is 0.568. The highest BCUT2D eigenvalue weighted by Gasteiger charge is 2.52. The smallest absolute Gasteiger partial charge is 0.0279 e. The van der Waals surface area contributed by atoms with Crippen molar-refractivity contribution in [3.63, 3.8) is 0 Å². The van der Waals surface area contributed by atoms with Crippen LogP contribution in [-0.4, -0.2) is 5.71 Å². The minimum Gasteiger partial charge on any atom is -0.265 e. The van der Waals surface area contributed by atoms with Crippen molar-refractivity contribution in [2.75, 3.05) is 0 Å². The number of allylic oxidation sites excluding steroid dienone is 1. The summed E-state index contributed by atoms with van der Waals surface area (Å²) in [5, 5.41) is 0. The summed E-state index contributed by atoms with van der Waals surface area (Å²) in [5.41, 5.74) is 2.11. The molecule has 0 spiro atoms. The Morgan fingerprint density at radius 1 is 1.00 bits per heavy atom. The van der Waals surface area contributed by atoms with Crippen LogP contribution in [0.4, 0.5) is 0 Å². The SMILES string of the molecule is C1=CN=C(C23CC4CC(CC(C4)C2)C3)C1. The van der Waals surface area contributed by atoms with Gasteiger partial charge in [-0.2, -0.15) is 0 Å². The monoisotopic (exact) mass is 201 g/mol. The molecule has 0 amide bonds. The average Bonchev–Trinajstić information content (AvgIpc) is 2.67. The van der Waals surface area contributed by atoms with Crippen LogP contribution in [0.2, 0.25) is 0 Å². The third-order valence-corrected chi connectivity index (χ3v) is 5.30. The van der Waals surface area contributed by atoms with Gasteiger partial charge in [-0.15, -0.1) is 0 Å². The van der Waals surface area contributed by atoms with E-state index in [4.69, 9.17) is 0 Å². The van der Waals surface area contributed by atoms with E-state index in [1.807, 2.05) is 6.20 Å². The lowest BCUT2D eigenvalue weighted by Gasteiger charge is -2.57. The summed E-state index contributed by atoms with van der Waals surface area (Å²) in [7, 11) is 0. The number of hydrogen-bond acceptors (Lipinski definition) is 1. The Bertz CT molecular complexity index is 315. The highest BCUT2D eigenvalue weighted by Crippen LogP contribution is 2.61. The second-order valence-corrected chi connectivity index (χ2v) is 6.36. The maximum Gasteiger partial charge on any atom is 0.0279 e. The van der Waals surface area contributed by atoms with Crippen LogP contribution in [0.5, 0.6) is 0 Å². The van der Waals surface area contributed by atoms with Gasteiger partial charge < -0.3 is 0 Å². The van der Waals surface area contributed by atoms with Crippen molar-refractivity contribution < 1.29 is 0 Å². The number of nitrogens with zero attached hydrogens (tertiary/aromatic N) is 1. The Morgan fingerprint density at radius 2 is 1.60 bits per heavy atom. The molecule has 4 bridgehead atoms. The molecule has 4 saturated carbocycles. The molecule has 4 fully saturated rings. The van der Waals surface area contributed by atoms with Crippen molar-refractivity contribution in [3.8, 4) is 0 Å². The van der Waals surface area contributed by atoms with Gasteiger partial charge in [0.05, 0.1) is 0 Å². The van der Waals surface area contributed by atoms with E-state index in [-0.39, 0.29) is 0 Å². The van der Waals surface area contributed by atoms with Crippen molar-refractivity contribution in [2.45, 2.75) is 44.9 Å². The lowest BCUT2D eigenvalue weighted by Crippen LogP contribution is -2.49. The van der Waals surface area contributed by atoms with Gasteiger partial charge in [-0.1, -0.05) is 6.08 Å². The van der Waals surface area contributed by atoms with Gasteiger partial charge in [0.1, 0.15) is 0 Å². The van der Waals surface area contributed by atoms with E-state index in [9.17, 15) is 0 Å². The molecule has 0 unspecified atom stereocenters. The molecule has 0 saturated heterocycles. The summed E-state index contributed by atoms with van der Waals surface area (Å²) in [4.78, 5) is 4.66. The van der Waals surface area contributed by atoms with E-state index in [1.54, 1.807) is 25.0 Å². The summed E-state index contributed by atoms with van der Waals surface area (Å²) in [6, 6.07) is 0. The van der Waals surface area contributed by atoms with Gasteiger partial charge in [-0.25, -0.2) is 0 Å². The van der Waals surface area contributed by atoms with E-state index in [2.05, 4.69) is 11.1 Å². The summed E-state index contributed by atoms with van der Waals surface area (Å²) in [5.74, 6) is 3.17. The summed E-state index contributed by atoms with van der Waals surface area (Å²) in [6.07, 6.45) is 14.5. The summed E-state index contributed by atoms with van der Waals surface area (Å²) in [6.45, 7) is 0. The Balaban J connectivity index is 1.71. The molecule has 1 nitrogen and oxygen atoms in total. The molecule has 0 aromatic carbocycles. The van der Waals surface area contributed by atoms with E-state index in [0.717, 1.165) is 24.2 Å². The largest absolute Gasteiger partial charge is 0.265 e. The average molecular weight is 201 g/mol. The topological polar surface area (TPSA) is 12.4 Å². The van der Waals surface area contributed by atoms with Crippen molar-refractivity contribution in [3.05, 3.63) is 12.3 Å². The second-order valence-electron chi connectivity index (χ2n) is 6.36. The fourth-order valence-corrected chi connectivity index (χ4v) is 5.18. The van der Waals surface area contributed by atoms with Crippen molar-refractivity contribution in [1.29, 1.82) is 0 Å². The van der Waals surface area contributed by atoms with Crippen LogP contribution in [-0.2, 0) is 0 Å². The standard InChI is InChI=1S/C14H19N/c1-2-13(15-3-1)14-7-10-4-11(8-14)6-12(5-10)9-14/h1,3,10-12H,2,4-9H2. The molecule has 1 heteroatoms. The Hall–Kier alpha value is -0.590. The maximum atomic E-state index is 4.66. The van der Waals surface area contributed by atoms with E-state index in [1.165, 1.54) is 19.3 Å². The predicted octanol–water partition coefficient (Wildman–Crippen LogP) is 3.56. The molecular weight excluding hydrogens is 182 g/mol. The molecule has 15 heavy (non-hydrogen) atoms. The Kier molecular flexibility index (Phi) is 1.57.